The van der Waals surface area contributed by atoms with Gasteiger partial charge in [-0.2, -0.15) is 18.2 Å². The Kier molecular flexibility index (Phi) is 3.65. The van der Waals surface area contributed by atoms with Crippen LogP contribution in [0.3, 0.4) is 0 Å². The molecule has 0 aliphatic carbocycles. The minimum Gasteiger partial charge on any atom is -0.302 e. The van der Waals surface area contributed by atoms with E-state index in [2.05, 4.69) is 4.98 Å². The van der Waals surface area contributed by atoms with Crippen molar-refractivity contribution in [1.82, 2.24) is 9.97 Å². The molecule has 0 atom stereocenters. The first kappa shape index (κ1) is 15.3. The zero-order valence-corrected chi connectivity index (χ0v) is 11.9. The lowest BCUT2D eigenvalue weighted by Gasteiger charge is -2.19. The fourth-order valence-corrected chi connectivity index (χ4v) is 1.90. The molecular weight excluding hydrogens is 281 g/mol. The number of aromatic nitrogens is 2. The predicted molar refractivity (Wildman–Crippen MR) is 74.0 cm³/mol. The molecule has 0 saturated carbocycles. The number of benzene rings is 1. The van der Waals surface area contributed by atoms with Crippen LogP contribution >= 0.6 is 0 Å². The van der Waals surface area contributed by atoms with Crippen molar-refractivity contribution in [3.63, 3.8) is 0 Å². The predicted octanol–water partition coefficient (Wildman–Crippen LogP) is 3.75. The first-order chi connectivity index (χ1) is 9.57. The van der Waals surface area contributed by atoms with Crippen molar-refractivity contribution in [3.8, 4) is 11.3 Å². The summed E-state index contributed by atoms with van der Waals surface area (Å²) in [4.78, 5) is 16.6. The number of hydrogen-bond acceptors (Lipinski definition) is 2. The Morgan fingerprint density at radius 2 is 1.62 bits per heavy atom. The quantitative estimate of drug-likeness (QED) is 0.871. The fraction of sp³-hybridized carbons (Fsp3) is 0.333. The maximum absolute atomic E-state index is 12.7. The number of alkyl halides is 3. The molecular formula is C15H15F3N2O. The van der Waals surface area contributed by atoms with E-state index in [0.717, 1.165) is 11.6 Å². The van der Waals surface area contributed by atoms with Crippen molar-refractivity contribution in [1.29, 1.82) is 0 Å². The molecule has 0 fully saturated rings. The van der Waals surface area contributed by atoms with E-state index >= 15 is 0 Å². The van der Waals surface area contributed by atoms with Gasteiger partial charge in [0, 0.05) is 5.56 Å². The van der Waals surface area contributed by atoms with Gasteiger partial charge in [0.1, 0.15) is 5.69 Å². The minimum absolute atomic E-state index is 0.00605. The molecule has 1 heterocycles. The molecule has 0 amide bonds. The van der Waals surface area contributed by atoms with E-state index in [1.807, 2.05) is 32.9 Å². The van der Waals surface area contributed by atoms with Crippen LogP contribution in [-0.4, -0.2) is 9.97 Å². The van der Waals surface area contributed by atoms with E-state index < -0.39 is 17.6 Å². The van der Waals surface area contributed by atoms with Crippen molar-refractivity contribution in [2.75, 3.05) is 0 Å². The summed E-state index contributed by atoms with van der Waals surface area (Å²) in [6.07, 6.45) is -4.61. The second-order valence-corrected chi connectivity index (χ2v) is 5.81. The standard InChI is InChI=1S/C15H15F3N2O/c1-14(2,3)10-6-4-9(5-7-10)11-8-12(15(16,17)18)20-13(21)19-11/h4-8H,1-3H3,(H,19,20,21). The van der Waals surface area contributed by atoms with Gasteiger partial charge in [0.25, 0.3) is 0 Å². The van der Waals surface area contributed by atoms with Gasteiger partial charge in [-0.25, -0.2) is 4.79 Å². The SMILES string of the molecule is CC(C)(C)c1ccc(-c2cc(C(F)(F)F)[nH]c(=O)n2)cc1. The maximum atomic E-state index is 12.7. The molecule has 0 aliphatic rings. The maximum Gasteiger partial charge on any atom is 0.431 e. The van der Waals surface area contributed by atoms with Crippen LogP contribution in [0.1, 0.15) is 32.0 Å². The van der Waals surface area contributed by atoms with Crippen LogP contribution in [0.2, 0.25) is 0 Å². The van der Waals surface area contributed by atoms with Crippen molar-refractivity contribution in [2.24, 2.45) is 0 Å². The molecule has 0 unspecified atom stereocenters. The summed E-state index contributed by atoms with van der Waals surface area (Å²) in [5, 5.41) is 0. The Morgan fingerprint density at radius 3 is 2.10 bits per heavy atom. The largest absolute Gasteiger partial charge is 0.431 e. The zero-order chi connectivity index (χ0) is 15.8. The molecule has 0 spiro atoms. The topological polar surface area (TPSA) is 45.8 Å². The Morgan fingerprint density at radius 1 is 1.05 bits per heavy atom. The summed E-state index contributed by atoms with van der Waals surface area (Å²) < 4.78 is 38.1. The molecule has 2 rings (SSSR count). The third kappa shape index (κ3) is 3.51. The highest BCUT2D eigenvalue weighted by Gasteiger charge is 2.32. The molecule has 3 nitrogen and oxygen atoms in total. The summed E-state index contributed by atoms with van der Waals surface area (Å²) in [6, 6.07) is 7.83. The van der Waals surface area contributed by atoms with Crippen LogP contribution in [0.25, 0.3) is 11.3 Å². The third-order valence-corrected chi connectivity index (χ3v) is 3.10. The van der Waals surface area contributed by atoms with Crippen LogP contribution in [0.4, 0.5) is 13.2 Å². The molecule has 21 heavy (non-hydrogen) atoms. The lowest BCUT2D eigenvalue weighted by atomic mass is 9.86. The van der Waals surface area contributed by atoms with Crippen molar-refractivity contribution >= 4 is 0 Å². The normalized spacial score (nSPS) is 12.5. The van der Waals surface area contributed by atoms with E-state index in [4.69, 9.17) is 0 Å². The number of halogens is 3. The summed E-state index contributed by atoms with van der Waals surface area (Å²) in [6.45, 7) is 6.11. The van der Waals surface area contributed by atoms with Crippen LogP contribution in [-0.2, 0) is 11.6 Å². The fourth-order valence-electron chi connectivity index (χ4n) is 1.90. The zero-order valence-electron chi connectivity index (χ0n) is 11.9. The third-order valence-electron chi connectivity index (χ3n) is 3.10. The molecule has 0 bridgehead atoms. The van der Waals surface area contributed by atoms with Gasteiger partial charge >= 0.3 is 11.9 Å². The van der Waals surface area contributed by atoms with Crippen LogP contribution in [0, 0.1) is 0 Å². The molecule has 2 aromatic rings. The second-order valence-electron chi connectivity index (χ2n) is 5.81. The first-order valence-electron chi connectivity index (χ1n) is 6.37. The van der Waals surface area contributed by atoms with Gasteiger partial charge in [-0.1, -0.05) is 45.0 Å². The Labute approximate surface area is 119 Å². The van der Waals surface area contributed by atoms with Gasteiger partial charge in [-0.3, -0.25) is 0 Å². The van der Waals surface area contributed by atoms with Crippen molar-refractivity contribution in [2.45, 2.75) is 32.4 Å². The van der Waals surface area contributed by atoms with Gasteiger partial charge in [0.05, 0.1) is 5.69 Å². The van der Waals surface area contributed by atoms with Crippen molar-refractivity contribution < 1.29 is 13.2 Å². The Bertz CT molecular complexity index is 695. The van der Waals surface area contributed by atoms with E-state index in [1.165, 1.54) is 0 Å². The van der Waals surface area contributed by atoms with Gasteiger partial charge in [0.2, 0.25) is 0 Å². The second kappa shape index (κ2) is 5.02. The van der Waals surface area contributed by atoms with Gasteiger partial charge in [-0.05, 0) is 17.0 Å². The van der Waals surface area contributed by atoms with Crippen LogP contribution < -0.4 is 5.69 Å². The summed E-state index contributed by atoms with van der Waals surface area (Å²) in [5.74, 6) is 0. The number of nitrogens with one attached hydrogen (secondary N) is 1. The Balaban J connectivity index is 2.48. The number of nitrogens with zero attached hydrogens (tertiary/aromatic N) is 1. The molecule has 1 aromatic heterocycles. The molecule has 0 saturated heterocycles. The number of hydrogen-bond donors (Lipinski definition) is 1. The van der Waals surface area contributed by atoms with Crippen LogP contribution in [0.5, 0.6) is 0 Å². The molecule has 1 N–H and O–H groups in total. The van der Waals surface area contributed by atoms with Crippen LogP contribution in [0.15, 0.2) is 35.1 Å². The molecule has 0 radical (unpaired) electrons. The highest BCUT2D eigenvalue weighted by Crippen LogP contribution is 2.29. The van der Waals surface area contributed by atoms with Crippen molar-refractivity contribution in [3.05, 3.63) is 52.1 Å². The summed E-state index contributed by atoms with van der Waals surface area (Å²) >= 11 is 0. The molecule has 6 heteroatoms. The van der Waals surface area contributed by atoms with Gasteiger partial charge < -0.3 is 4.98 Å². The number of aromatic amines is 1. The highest BCUT2D eigenvalue weighted by atomic mass is 19.4. The summed E-state index contributed by atoms with van der Waals surface area (Å²) in [5.41, 5.74) is -0.646. The smallest absolute Gasteiger partial charge is 0.302 e. The number of H-pyrrole nitrogens is 1. The Hall–Kier alpha value is -2.11. The minimum atomic E-state index is -4.61. The molecule has 0 aliphatic heterocycles. The lowest BCUT2D eigenvalue weighted by molar-refractivity contribution is -0.141. The first-order valence-corrected chi connectivity index (χ1v) is 6.37. The monoisotopic (exact) mass is 296 g/mol. The van der Waals surface area contributed by atoms with E-state index in [0.29, 0.717) is 5.56 Å². The van der Waals surface area contributed by atoms with E-state index in [1.54, 1.807) is 17.1 Å². The summed E-state index contributed by atoms with van der Waals surface area (Å²) in [7, 11) is 0. The van der Waals surface area contributed by atoms with E-state index in [-0.39, 0.29) is 11.1 Å². The van der Waals surface area contributed by atoms with E-state index in [9.17, 15) is 18.0 Å². The molecule has 112 valence electrons. The average molecular weight is 296 g/mol. The molecule has 1 aromatic carbocycles. The highest BCUT2D eigenvalue weighted by molar-refractivity contribution is 5.59. The van der Waals surface area contributed by atoms with Gasteiger partial charge in [0.15, 0.2) is 0 Å². The lowest BCUT2D eigenvalue weighted by Crippen LogP contribution is -2.19. The average Bonchev–Trinajstić information content (AvgIpc) is 2.36. The number of rotatable bonds is 1. The van der Waals surface area contributed by atoms with Gasteiger partial charge in [-0.15, -0.1) is 0 Å².